The number of aromatic nitrogens is 1. The van der Waals surface area contributed by atoms with Gasteiger partial charge in [0.05, 0.1) is 17.2 Å². The first-order valence-corrected chi connectivity index (χ1v) is 8.48. The van der Waals surface area contributed by atoms with Crippen LogP contribution < -0.4 is 16.0 Å². The Bertz CT molecular complexity index is 510. The number of guanidine groups is 1. The van der Waals surface area contributed by atoms with E-state index >= 15 is 0 Å². The van der Waals surface area contributed by atoms with Crippen LogP contribution in [0.2, 0.25) is 0 Å². The molecule has 1 aromatic rings. The van der Waals surface area contributed by atoms with Crippen molar-refractivity contribution in [1.29, 1.82) is 0 Å². The highest BCUT2D eigenvalue weighted by molar-refractivity contribution is 7.11. The van der Waals surface area contributed by atoms with Crippen molar-refractivity contribution in [2.24, 2.45) is 10.9 Å². The number of rotatable bonds is 7. The first-order valence-electron chi connectivity index (χ1n) is 7.66. The monoisotopic (exact) mass is 325 g/mol. The Hall–Kier alpha value is -1.63. The van der Waals surface area contributed by atoms with E-state index in [1.807, 2.05) is 34.6 Å². The number of hydrogen-bond donors (Lipinski definition) is 3. The van der Waals surface area contributed by atoms with E-state index in [1.165, 1.54) is 4.88 Å². The van der Waals surface area contributed by atoms with Gasteiger partial charge in [-0.2, -0.15) is 0 Å². The predicted molar refractivity (Wildman–Crippen MR) is 92.3 cm³/mol. The Morgan fingerprint density at radius 3 is 2.45 bits per heavy atom. The lowest BCUT2D eigenvalue weighted by molar-refractivity contribution is -0.123. The Kier molecular flexibility index (Phi) is 7.87. The Balaban J connectivity index is 2.45. The molecule has 3 N–H and O–H groups in total. The maximum absolute atomic E-state index is 11.5. The molecule has 0 bridgehead atoms. The molecule has 6 nitrogen and oxygen atoms in total. The van der Waals surface area contributed by atoms with Crippen LogP contribution in [0.5, 0.6) is 0 Å². The summed E-state index contributed by atoms with van der Waals surface area (Å²) in [6.45, 7) is 12.4. The first-order chi connectivity index (χ1) is 10.4. The van der Waals surface area contributed by atoms with Gasteiger partial charge in [-0.25, -0.2) is 9.98 Å². The molecule has 1 rings (SSSR count). The van der Waals surface area contributed by atoms with Gasteiger partial charge in [-0.15, -0.1) is 11.3 Å². The molecule has 7 heteroatoms. The fourth-order valence-electron chi connectivity index (χ4n) is 1.78. The summed E-state index contributed by atoms with van der Waals surface area (Å²) in [5, 5.41) is 10.4. The summed E-state index contributed by atoms with van der Waals surface area (Å²) in [6.07, 6.45) is 0. The fourth-order valence-corrected chi connectivity index (χ4v) is 2.65. The van der Waals surface area contributed by atoms with Gasteiger partial charge >= 0.3 is 0 Å². The number of carbonyl (C=O) groups is 1. The van der Waals surface area contributed by atoms with Crippen molar-refractivity contribution in [2.75, 3.05) is 19.6 Å². The lowest BCUT2D eigenvalue weighted by atomic mass is 10.2. The summed E-state index contributed by atoms with van der Waals surface area (Å²) in [5.41, 5.74) is 1.05. The van der Waals surface area contributed by atoms with Gasteiger partial charge < -0.3 is 16.0 Å². The summed E-state index contributed by atoms with van der Waals surface area (Å²) in [5.74, 6) is 0.839. The summed E-state index contributed by atoms with van der Waals surface area (Å²) in [7, 11) is 0. The zero-order valence-electron chi connectivity index (χ0n) is 14.1. The van der Waals surface area contributed by atoms with Crippen LogP contribution in [0, 0.1) is 19.8 Å². The smallest absolute Gasteiger partial charge is 0.222 e. The van der Waals surface area contributed by atoms with E-state index in [4.69, 9.17) is 0 Å². The van der Waals surface area contributed by atoms with Crippen molar-refractivity contribution in [3.8, 4) is 0 Å². The number of carbonyl (C=O) groups excluding carboxylic acids is 1. The van der Waals surface area contributed by atoms with Crippen molar-refractivity contribution in [3.05, 3.63) is 15.6 Å². The number of thiazole rings is 1. The van der Waals surface area contributed by atoms with Crippen molar-refractivity contribution in [2.45, 2.75) is 41.2 Å². The number of nitrogens with zero attached hydrogens (tertiary/aromatic N) is 2. The van der Waals surface area contributed by atoms with E-state index in [0.29, 0.717) is 19.6 Å². The highest BCUT2D eigenvalue weighted by Gasteiger charge is 2.06. The minimum Gasteiger partial charge on any atom is -0.357 e. The van der Waals surface area contributed by atoms with Gasteiger partial charge in [0.25, 0.3) is 0 Å². The number of aryl methyl sites for hydroxylation is 2. The van der Waals surface area contributed by atoms with Crippen molar-refractivity contribution in [1.82, 2.24) is 20.9 Å². The van der Waals surface area contributed by atoms with Gasteiger partial charge in [-0.3, -0.25) is 4.79 Å². The third-order valence-electron chi connectivity index (χ3n) is 2.97. The van der Waals surface area contributed by atoms with Gasteiger partial charge in [0.2, 0.25) is 5.91 Å². The average Bonchev–Trinajstić information content (AvgIpc) is 2.78. The molecule has 0 fully saturated rings. The molecule has 1 heterocycles. The van der Waals surface area contributed by atoms with E-state index < -0.39 is 0 Å². The summed E-state index contributed by atoms with van der Waals surface area (Å²) >= 11 is 1.68. The van der Waals surface area contributed by atoms with Crippen LogP contribution in [0.4, 0.5) is 0 Å². The lowest BCUT2D eigenvalue weighted by Gasteiger charge is -2.12. The zero-order valence-corrected chi connectivity index (χ0v) is 14.9. The van der Waals surface area contributed by atoms with Crippen LogP contribution in [0.1, 0.15) is 36.3 Å². The minimum absolute atomic E-state index is 0.0134. The van der Waals surface area contributed by atoms with Crippen LogP contribution in [-0.4, -0.2) is 36.5 Å². The third kappa shape index (κ3) is 6.43. The van der Waals surface area contributed by atoms with E-state index in [0.717, 1.165) is 23.2 Å². The van der Waals surface area contributed by atoms with Crippen LogP contribution in [-0.2, 0) is 11.3 Å². The highest BCUT2D eigenvalue weighted by Crippen LogP contribution is 2.17. The van der Waals surface area contributed by atoms with Crippen molar-refractivity contribution < 1.29 is 4.79 Å². The molecule has 0 saturated heterocycles. The molecule has 0 aliphatic carbocycles. The van der Waals surface area contributed by atoms with Crippen LogP contribution >= 0.6 is 11.3 Å². The quantitative estimate of drug-likeness (QED) is 0.404. The molecule has 0 saturated carbocycles. The van der Waals surface area contributed by atoms with Gasteiger partial charge in [0.1, 0.15) is 0 Å². The molecule has 0 radical (unpaired) electrons. The first kappa shape index (κ1) is 18.4. The van der Waals surface area contributed by atoms with E-state index in [1.54, 1.807) is 11.3 Å². The zero-order chi connectivity index (χ0) is 16.5. The number of amides is 1. The van der Waals surface area contributed by atoms with Gasteiger partial charge in [0, 0.05) is 30.4 Å². The van der Waals surface area contributed by atoms with Gasteiger partial charge in [0.15, 0.2) is 5.96 Å². The molecule has 124 valence electrons. The standard InChI is InChI=1S/C15H27N5OS/c1-6-16-15(18-8-7-17-14(21)10(2)3)19-9-13-11(4)20-12(5)22-13/h10H,6-9H2,1-5H3,(H,17,21)(H2,16,18,19). The van der Waals surface area contributed by atoms with Crippen LogP contribution in [0.25, 0.3) is 0 Å². The second-order valence-electron chi connectivity index (χ2n) is 5.31. The molecular weight excluding hydrogens is 298 g/mol. The van der Waals surface area contributed by atoms with Crippen molar-refractivity contribution >= 4 is 23.2 Å². The third-order valence-corrected chi connectivity index (χ3v) is 4.02. The Labute approximate surface area is 136 Å². The molecular formula is C15H27N5OS. The molecule has 0 unspecified atom stereocenters. The minimum atomic E-state index is 0.0134. The van der Waals surface area contributed by atoms with E-state index in [2.05, 4.69) is 25.9 Å². The molecule has 1 amide bonds. The number of nitrogens with one attached hydrogen (secondary N) is 3. The molecule has 0 aromatic carbocycles. The number of hydrogen-bond acceptors (Lipinski definition) is 4. The van der Waals surface area contributed by atoms with Gasteiger partial charge in [-0.1, -0.05) is 13.8 Å². The summed E-state index contributed by atoms with van der Waals surface area (Å²) < 4.78 is 0. The van der Waals surface area contributed by atoms with Crippen LogP contribution in [0.15, 0.2) is 4.99 Å². The number of aliphatic imine (C=N–C) groups is 1. The largest absolute Gasteiger partial charge is 0.357 e. The second-order valence-corrected chi connectivity index (χ2v) is 6.60. The maximum Gasteiger partial charge on any atom is 0.222 e. The molecule has 0 aliphatic rings. The van der Waals surface area contributed by atoms with E-state index in [-0.39, 0.29) is 11.8 Å². The maximum atomic E-state index is 11.5. The molecule has 1 aromatic heterocycles. The fraction of sp³-hybridized carbons (Fsp3) is 0.667. The summed E-state index contributed by atoms with van der Waals surface area (Å²) in [6, 6.07) is 0. The topological polar surface area (TPSA) is 78.4 Å². The normalized spacial score (nSPS) is 11.6. The van der Waals surface area contributed by atoms with Crippen LogP contribution in [0.3, 0.4) is 0 Å². The summed E-state index contributed by atoms with van der Waals surface area (Å²) in [4.78, 5) is 21.6. The Morgan fingerprint density at radius 2 is 1.91 bits per heavy atom. The lowest BCUT2D eigenvalue weighted by Crippen LogP contribution is -2.42. The predicted octanol–water partition coefficient (Wildman–Crippen LogP) is 1.59. The molecule has 0 aliphatic heterocycles. The average molecular weight is 325 g/mol. The van der Waals surface area contributed by atoms with Gasteiger partial charge in [-0.05, 0) is 20.8 Å². The molecule has 0 spiro atoms. The highest BCUT2D eigenvalue weighted by atomic mass is 32.1. The second kappa shape index (κ2) is 9.40. The van der Waals surface area contributed by atoms with E-state index in [9.17, 15) is 4.79 Å². The molecule has 0 atom stereocenters. The molecule has 22 heavy (non-hydrogen) atoms. The Morgan fingerprint density at radius 1 is 1.23 bits per heavy atom. The SMILES string of the molecule is CCNC(=NCc1sc(C)nc1C)NCCNC(=O)C(C)C. The van der Waals surface area contributed by atoms with Crippen molar-refractivity contribution in [3.63, 3.8) is 0 Å².